The van der Waals surface area contributed by atoms with E-state index < -0.39 is 33.7 Å². The third-order valence-corrected chi connectivity index (χ3v) is 4.90. The zero-order valence-electron chi connectivity index (χ0n) is 14.7. The van der Waals surface area contributed by atoms with Gasteiger partial charge in [-0.25, -0.2) is 27.1 Å². The number of amides is 2. The number of fused-ring (bicyclic) bond motifs is 1. The van der Waals surface area contributed by atoms with Crippen molar-refractivity contribution in [3.63, 3.8) is 0 Å². The van der Waals surface area contributed by atoms with Crippen LogP contribution >= 0.6 is 0 Å². The van der Waals surface area contributed by atoms with Crippen LogP contribution in [-0.4, -0.2) is 27.1 Å². The molecule has 0 saturated carbocycles. The van der Waals surface area contributed by atoms with Gasteiger partial charge in [-0.1, -0.05) is 24.3 Å². The summed E-state index contributed by atoms with van der Waals surface area (Å²) < 4.78 is 54.4. The molecule has 0 fully saturated rings. The topological polar surface area (TPSA) is 111 Å². The molecular formula is C18H19F2N3O4S. The van der Waals surface area contributed by atoms with Gasteiger partial charge < -0.3 is 15.4 Å². The van der Waals surface area contributed by atoms with Crippen LogP contribution in [-0.2, 0) is 28.7 Å². The number of nitrogens with two attached hydrogens (primary N) is 1. The van der Waals surface area contributed by atoms with Gasteiger partial charge in [-0.15, -0.1) is 0 Å². The summed E-state index contributed by atoms with van der Waals surface area (Å²) in [6.45, 7) is 0.292. The summed E-state index contributed by atoms with van der Waals surface area (Å²) in [5.41, 5.74) is 1.68. The quantitative estimate of drug-likeness (QED) is 0.693. The first kappa shape index (κ1) is 20.0. The van der Waals surface area contributed by atoms with Crippen molar-refractivity contribution in [2.24, 2.45) is 5.14 Å². The molecular weight excluding hydrogens is 392 g/mol. The Bertz CT molecular complexity index is 981. The molecule has 1 atom stereocenters. The molecule has 150 valence electrons. The van der Waals surface area contributed by atoms with Crippen LogP contribution in [0.4, 0.5) is 13.6 Å². The number of benzene rings is 2. The number of rotatable bonds is 5. The van der Waals surface area contributed by atoms with E-state index >= 15 is 0 Å². The molecule has 28 heavy (non-hydrogen) atoms. The van der Waals surface area contributed by atoms with E-state index in [-0.39, 0.29) is 31.1 Å². The molecule has 0 radical (unpaired) electrons. The molecule has 2 aromatic rings. The fourth-order valence-corrected chi connectivity index (χ4v) is 3.59. The monoisotopic (exact) mass is 411 g/mol. The molecule has 0 spiro atoms. The normalized spacial score (nSPS) is 16.0. The predicted octanol–water partition coefficient (Wildman–Crippen LogP) is 1.56. The van der Waals surface area contributed by atoms with Crippen molar-refractivity contribution < 1.29 is 26.7 Å². The number of urea groups is 1. The zero-order valence-corrected chi connectivity index (χ0v) is 15.6. The van der Waals surface area contributed by atoms with E-state index in [1.165, 1.54) is 6.07 Å². The maximum Gasteiger partial charge on any atom is 0.315 e. The highest BCUT2D eigenvalue weighted by atomic mass is 32.2. The minimum Gasteiger partial charge on any atom is -0.488 e. The first-order chi connectivity index (χ1) is 13.2. The van der Waals surface area contributed by atoms with E-state index in [0.717, 1.165) is 11.6 Å². The molecule has 4 N–H and O–H groups in total. The fourth-order valence-electron chi connectivity index (χ4n) is 2.93. The number of carbonyl (C=O) groups is 1. The summed E-state index contributed by atoms with van der Waals surface area (Å²) in [6.07, 6.45) is 0.250. The molecule has 1 aliphatic heterocycles. The van der Waals surface area contributed by atoms with E-state index in [2.05, 4.69) is 10.6 Å². The SMILES string of the molecule is NS(=O)(=O)Cc1ccc(CNC(=O)NC2COc3c(F)cc(F)cc3C2)cc1. The zero-order chi connectivity index (χ0) is 20.3. The van der Waals surface area contributed by atoms with Gasteiger partial charge in [0.25, 0.3) is 0 Å². The summed E-state index contributed by atoms with van der Waals surface area (Å²) in [5, 5.41) is 10.4. The van der Waals surface area contributed by atoms with Gasteiger partial charge in [0.05, 0.1) is 11.8 Å². The highest BCUT2D eigenvalue weighted by Crippen LogP contribution is 2.28. The van der Waals surface area contributed by atoms with Crippen molar-refractivity contribution in [3.8, 4) is 5.75 Å². The number of ether oxygens (including phenoxy) is 1. The van der Waals surface area contributed by atoms with Crippen molar-refractivity contribution in [1.29, 1.82) is 0 Å². The van der Waals surface area contributed by atoms with Gasteiger partial charge in [0, 0.05) is 18.2 Å². The maximum atomic E-state index is 13.6. The smallest absolute Gasteiger partial charge is 0.315 e. The lowest BCUT2D eigenvalue weighted by molar-refractivity contribution is 0.209. The molecule has 0 aromatic heterocycles. The van der Waals surface area contributed by atoms with E-state index in [0.29, 0.717) is 11.1 Å². The minimum absolute atomic E-state index is 0.0134. The molecule has 1 aliphatic rings. The van der Waals surface area contributed by atoms with Crippen molar-refractivity contribution in [2.75, 3.05) is 6.61 Å². The lowest BCUT2D eigenvalue weighted by Gasteiger charge is -2.26. The molecule has 10 heteroatoms. The standard InChI is InChI=1S/C18H19F2N3O4S/c19-14-5-13-6-15(9-27-17(13)16(20)7-14)23-18(24)22-8-11-1-3-12(4-2-11)10-28(21,25)26/h1-5,7,15H,6,8-10H2,(H2,21,25,26)(H2,22,23,24). The van der Waals surface area contributed by atoms with Crippen molar-refractivity contribution in [1.82, 2.24) is 10.6 Å². The molecule has 7 nitrogen and oxygen atoms in total. The van der Waals surface area contributed by atoms with Crippen LogP contribution in [0.15, 0.2) is 36.4 Å². The van der Waals surface area contributed by atoms with E-state index in [4.69, 9.17) is 9.88 Å². The Morgan fingerprint density at radius 1 is 1.18 bits per heavy atom. The minimum atomic E-state index is -3.60. The predicted molar refractivity (Wildman–Crippen MR) is 98.0 cm³/mol. The lowest BCUT2D eigenvalue weighted by atomic mass is 10.0. The lowest BCUT2D eigenvalue weighted by Crippen LogP contribution is -2.47. The first-order valence-electron chi connectivity index (χ1n) is 8.43. The highest BCUT2D eigenvalue weighted by molar-refractivity contribution is 7.88. The molecule has 1 unspecified atom stereocenters. The van der Waals surface area contributed by atoms with Crippen LogP contribution in [0.2, 0.25) is 0 Å². The first-order valence-corrected chi connectivity index (χ1v) is 10.1. The molecule has 0 saturated heterocycles. The van der Waals surface area contributed by atoms with Gasteiger partial charge >= 0.3 is 6.03 Å². The molecule has 3 rings (SSSR count). The summed E-state index contributed by atoms with van der Waals surface area (Å²) in [6, 6.07) is 7.68. The van der Waals surface area contributed by atoms with Gasteiger partial charge in [-0.3, -0.25) is 0 Å². The Labute approximate surface area is 160 Å². The number of primary sulfonamides is 1. The van der Waals surface area contributed by atoms with Crippen molar-refractivity contribution in [3.05, 3.63) is 64.7 Å². The third kappa shape index (κ3) is 5.40. The number of hydrogen-bond donors (Lipinski definition) is 3. The molecule has 1 heterocycles. The fraction of sp³-hybridized carbons (Fsp3) is 0.278. The number of hydrogen-bond acceptors (Lipinski definition) is 4. The Morgan fingerprint density at radius 2 is 1.86 bits per heavy atom. The Balaban J connectivity index is 1.51. The highest BCUT2D eigenvalue weighted by Gasteiger charge is 2.24. The summed E-state index contributed by atoms with van der Waals surface area (Å²) in [4.78, 5) is 12.1. The average molecular weight is 411 g/mol. The summed E-state index contributed by atoms with van der Waals surface area (Å²) in [7, 11) is -3.60. The van der Waals surface area contributed by atoms with Crippen LogP contribution in [0.3, 0.4) is 0 Å². The van der Waals surface area contributed by atoms with Gasteiger partial charge in [-0.2, -0.15) is 0 Å². The summed E-state index contributed by atoms with van der Waals surface area (Å²) in [5.74, 6) is -1.70. The van der Waals surface area contributed by atoms with Gasteiger partial charge in [0.15, 0.2) is 11.6 Å². The van der Waals surface area contributed by atoms with Crippen LogP contribution in [0.5, 0.6) is 5.75 Å². The number of carbonyl (C=O) groups excluding carboxylic acids is 1. The van der Waals surface area contributed by atoms with E-state index in [1.807, 2.05) is 0 Å². The molecule has 2 amide bonds. The second-order valence-electron chi connectivity index (χ2n) is 6.54. The van der Waals surface area contributed by atoms with Crippen LogP contribution in [0.1, 0.15) is 16.7 Å². The van der Waals surface area contributed by atoms with Crippen molar-refractivity contribution in [2.45, 2.75) is 24.8 Å². The second-order valence-corrected chi connectivity index (χ2v) is 8.15. The largest absolute Gasteiger partial charge is 0.488 e. The van der Waals surface area contributed by atoms with Crippen LogP contribution in [0.25, 0.3) is 0 Å². The maximum absolute atomic E-state index is 13.6. The van der Waals surface area contributed by atoms with Gasteiger partial charge in [-0.05, 0) is 23.6 Å². The molecule has 2 aromatic carbocycles. The Kier molecular flexibility index (Phi) is 5.80. The summed E-state index contributed by atoms with van der Waals surface area (Å²) >= 11 is 0. The average Bonchev–Trinajstić information content (AvgIpc) is 2.59. The van der Waals surface area contributed by atoms with Crippen molar-refractivity contribution >= 4 is 16.1 Å². The number of sulfonamides is 1. The third-order valence-electron chi connectivity index (χ3n) is 4.16. The van der Waals surface area contributed by atoms with E-state index in [9.17, 15) is 22.0 Å². The Hall–Kier alpha value is -2.72. The van der Waals surface area contributed by atoms with Gasteiger partial charge in [0.1, 0.15) is 12.4 Å². The van der Waals surface area contributed by atoms with E-state index in [1.54, 1.807) is 24.3 Å². The molecule has 0 aliphatic carbocycles. The van der Waals surface area contributed by atoms with Crippen LogP contribution in [0, 0.1) is 11.6 Å². The van der Waals surface area contributed by atoms with Crippen LogP contribution < -0.4 is 20.5 Å². The second kappa shape index (κ2) is 8.11. The molecule has 0 bridgehead atoms. The van der Waals surface area contributed by atoms with Gasteiger partial charge in [0.2, 0.25) is 10.0 Å². The number of halogens is 2. The number of nitrogens with one attached hydrogen (secondary N) is 2. The Morgan fingerprint density at radius 3 is 2.54 bits per heavy atom.